The fraction of sp³-hybridized carbons (Fsp3) is 0.500. The molecule has 0 fully saturated rings. The van der Waals surface area contributed by atoms with E-state index < -0.39 is 0 Å². The second-order valence-corrected chi connectivity index (χ2v) is 6.13. The Hall–Kier alpha value is -1.68. The molecular weight excluding hydrogens is 250 g/mol. The van der Waals surface area contributed by atoms with Crippen LogP contribution in [0.3, 0.4) is 0 Å². The van der Waals surface area contributed by atoms with E-state index >= 15 is 0 Å². The molecule has 2 aromatic rings. The van der Waals surface area contributed by atoms with Crippen LogP contribution in [0.5, 0.6) is 0 Å². The smallest absolute Gasteiger partial charge is 0.207 e. The third-order valence-corrected chi connectivity index (χ3v) is 3.21. The first-order valence-corrected chi connectivity index (χ1v) is 7.17. The molecule has 2 rings (SSSR count). The Balaban J connectivity index is 1.97. The van der Waals surface area contributed by atoms with Gasteiger partial charge in [0.05, 0.1) is 11.7 Å². The Bertz CT molecular complexity index is 625. The molecule has 0 aliphatic carbocycles. The van der Waals surface area contributed by atoms with Crippen LogP contribution in [-0.2, 0) is 6.54 Å². The number of benzene rings is 1. The quantitative estimate of drug-likeness (QED) is 0.852. The zero-order valence-electron chi connectivity index (χ0n) is 12.5. The molecule has 1 aromatic heterocycles. The van der Waals surface area contributed by atoms with Crippen LogP contribution in [0.4, 0.5) is 0 Å². The van der Waals surface area contributed by atoms with Crippen molar-refractivity contribution in [2.45, 2.75) is 45.7 Å². The fourth-order valence-electron chi connectivity index (χ4n) is 2.19. The fourth-order valence-corrected chi connectivity index (χ4v) is 2.19. The molecule has 1 aromatic carbocycles. The van der Waals surface area contributed by atoms with Crippen LogP contribution in [0.25, 0.3) is 10.9 Å². The molecule has 0 aliphatic heterocycles. The van der Waals surface area contributed by atoms with Crippen LogP contribution in [0.1, 0.15) is 33.6 Å². The van der Waals surface area contributed by atoms with Gasteiger partial charge in [-0.05, 0) is 52.3 Å². The van der Waals surface area contributed by atoms with Gasteiger partial charge in [-0.1, -0.05) is 12.1 Å². The number of nitrogens with one attached hydrogen (secondary N) is 1. The predicted octanol–water partition coefficient (Wildman–Crippen LogP) is 2.56. The number of aryl methyl sites for hydroxylation is 1. The van der Waals surface area contributed by atoms with Crippen molar-refractivity contribution in [3.8, 4) is 0 Å². The molecule has 4 nitrogen and oxygen atoms in total. The average molecular weight is 273 g/mol. The lowest BCUT2D eigenvalue weighted by Gasteiger charge is -2.20. The van der Waals surface area contributed by atoms with Crippen LogP contribution in [0, 0.1) is 0 Å². The summed E-state index contributed by atoms with van der Waals surface area (Å²) in [4.78, 5) is 11.7. The molecule has 0 saturated carbocycles. The Morgan fingerprint density at radius 2 is 1.95 bits per heavy atom. The molecule has 0 aliphatic rings. The second-order valence-electron chi connectivity index (χ2n) is 6.13. The normalized spacial score (nSPS) is 11.9. The van der Waals surface area contributed by atoms with E-state index in [0.717, 1.165) is 36.8 Å². The zero-order valence-corrected chi connectivity index (χ0v) is 12.5. The van der Waals surface area contributed by atoms with E-state index in [0.29, 0.717) is 0 Å². The van der Waals surface area contributed by atoms with Crippen LogP contribution in [-0.4, -0.2) is 21.9 Å². The maximum absolute atomic E-state index is 11.7. The Labute approximate surface area is 119 Å². The van der Waals surface area contributed by atoms with Crippen molar-refractivity contribution in [2.24, 2.45) is 0 Å². The summed E-state index contributed by atoms with van der Waals surface area (Å²) in [5.74, 6) is 0. The van der Waals surface area contributed by atoms with Crippen molar-refractivity contribution in [3.05, 3.63) is 40.7 Å². The minimum Gasteiger partial charge on any atom is -0.312 e. The summed E-state index contributed by atoms with van der Waals surface area (Å²) in [7, 11) is 0. The topological polar surface area (TPSA) is 46.9 Å². The van der Waals surface area contributed by atoms with Gasteiger partial charge in [0, 0.05) is 17.5 Å². The molecule has 0 amide bonds. The molecule has 0 saturated heterocycles. The standard InChI is InChI=1S/C16H23N3O/c1-16(2,3)17-10-6-7-11-19-14-9-5-4-8-13(14)15(20)12-18-19/h4-5,8-9,12,17H,6-7,10-11H2,1-3H3. The zero-order chi connectivity index (χ0) is 14.6. The summed E-state index contributed by atoms with van der Waals surface area (Å²) in [5, 5.41) is 8.46. The Morgan fingerprint density at radius 3 is 2.70 bits per heavy atom. The minimum atomic E-state index is -0.00810. The SMILES string of the molecule is CC(C)(C)NCCCCn1ncc(=O)c2ccccc21. The van der Waals surface area contributed by atoms with Crippen LogP contribution < -0.4 is 10.7 Å². The summed E-state index contributed by atoms with van der Waals surface area (Å²) in [6.07, 6.45) is 3.55. The number of hydrogen-bond acceptors (Lipinski definition) is 3. The van der Waals surface area contributed by atoms with Crippen molar-refractivity contribution < 1.29 is 0 Å². The summed E-state index contributed by atoms with van der Waals surface area (Å²) in [6.45, 7) is 8.35. The summed E-state index contributed by atoms with van der Waals surface area (Å²) < 4.78 is 1.92. The molecule has 1 heterocycles. The average Bonchev–Trinajstić information content (AvgIpc) is 2.40. The largest absolute Gasteiger partial charge is 0.312 e. The molecule has 0 atom stereocenters. The van der Waals surface area contributed by atoms with E-state index in [1.807, 2.05) is 28.9 Å². The van der Waals surface area contributed by atoms with Gasteiger partial charge in [0.1, 0.15) is 0 Å². The molecule has 4 heteroatoms. The van der Waals surface area contributed by atoms with E-state index in [-0.39, 0.29) is 11.0 Å². The van der Waals surface area contributed by atoms with Gasteiger partial charge in [0.25, 0.3) is 0 Å². The number of hydrogen-bond donors (Lipinski definition) is 1. The minimum absolute atomic E-state index is 0.00810. The summed E-state index contributed by atoms with van der Waals surface area (Å²) >= 11 is 0. The number of nitrogens with zero attached hydrogens (tertiary/aromatic N) is 2. The van der Waals surface area contributed by atoms with Gasteiger partial charge >= 0.3 is 0 Å². The first-order valence-electron chi connectivity index (χ1n) is 7.17. The van der Waals surface area contributed by atoms with Crippen molar-refractivity contribution in [1.29, 1.82) is 0 Å². The first kappa shape index (κ1) is 14.7. The maximum atomic E-state index is 11.7. The third kappa shape index (κ3) is 3.90. The van der Waals surface area contributed by atoms with Gasteiger partial charge in [-0.2, -0.15) is 5.10 Å². The van der Waals surface area contributed by atoms with Crippen LogP contribution in [0.2, 0.25) is 0 Å². The van der Waals surface area contributed by atoms with E-state index in [2.05, 4.69) is 31.2 Å². The number of aromatic nitrogens is 2. The molecule has 108 valence electrons. The monoisotopic (exact) mass is 273 g/mol. The molecule has 0 unspecified atom stereocenters. The number of fused-ring (bicyclic) bond motifs is 1. The van der Waals surface area contributed by atoms with Crippen LogP contribution in [0.15, 0.2) is 35.3 Å². The van der Waals surface area contributed by atoms with E-state index in [1.54, 1.807) is 0 Å². The molecular formula is C16H23N3O. The highest BCUT2D eigenvalue weighted by Crippen LogP contribution is 2.09. The Kier molecular flexibility index (Phi) is 4.55. The molecule has 0 bridgehead atoms. The lowest BCUT2D eigenvalue weighted by Crippen LogP contribution is -2.36. The Morgan fingerprint density at radius 1 is 1.20 bits per heavy atom. The van der Waals surface area contributed by atoms with Crippen molar-refractivity contribution in [2.75, 3.05) is 6.54 Å². The maximum Gasteiger partial charge on any atom is 0.207 e. The predicted molar refractivity (Wildman–Crippen MR) is 83.0 cm³/mol. The summed E-state index contributed by atoms with van der Waals surface area (Å²) in [5.41, 5.74) is 1.08. The van der Waals surface area contributed by atoms with E-state index in [1.165, 1.54) is 6.20 Å². The van der Waals surface area contributed by atoms with Gasteiger partial charge < -0.3 is 5.32 Å². The van der Waals surface area contributed by atoms with Crippen molar-refractivity contribution in [1.82, 2.24) is 15.1 Å². The van der Waals surface area contributed by atoms with Gasteiger partial charge in [0.2, 0.25) is 5.43 Å². The van der Waals surface area contributed by atoms with Crippen LogP contribution >= 0.6 is 0 Å². The lowest BCUT2D eigenvalue weighted by molar-refractivity contribution is 0.412. The van der Waals surface area contributed by atoms with Gasteiger partial charge in [-0.25, -0.2) is 0 Å². The number of para-hydroxylation sites is 1. The molecule has 0 radical (unpaired) electrons. The number of rotatable bonds is 5. The van der Waals surface area contributed by atoms with Crippen molar-refractivity contribution >= 4 is 10.9 Å². The number of unbranched alkanes of at least 4 members (excludes halogenated alkanes) is 1. The molecule has 0 spiro atoms. The van der Waals surface area contributed by atoms with Gasteiger partial charge in [-0.15, -0.1) is 0 Å². The van der Waals surface area contributed by atoms with Crippen molar-refractivity contribution in [3.63, 3.8) is 0 Å². The highest BCUT2D eigenvalue weighted by Gasteiger charge is 2.07. The highest BCUT2D eigenvalue weighted by molar-refractivity contribution is 5.77. The highest BCUT2D eigenvalue weighted by atomic mass is 16.1. The first-order chi connectivity index (χ1) is 9.47. The summed E-state index contributed by atoms with van der Waals surface area (Å²) in [6, 6.07) is 7.65. The van der Waals surface area contributed by atoms with E-state index in [4.69, 9.17) is 0 Å². The molecule has 20 heavy (non-hydrogen) atoms. The third-order valence-electron chi connectivity index (χ3n) is 3.21. The van der Waals surface area contributed by atoms with Gasteiger partial charge in [0.15, 0.2) is 0 Å². The molecule has 1 N–H and O–H groups in total. The van der Waals surface area contributed by atoms with Gasteiger partial charge in [-0.3, -0.25) is 9.48 Å². The lowest BCUT2D eigenvalue weighted by atomic mass is 10.1. The van der Waals surface area contributed by atoms with E-state index in [9.17, 15) is 4.79 Å². The second kappa shape index (κ2) is 6.18.